The second-order valence-corrected chi connectivity index (χ2v) is 6.57. The lowest BCUT2D eigenvalue weighted by Crippen LogP contribution is -2.37. The Labute approximate surface area is 115 Å². The topological polar surface area (TPSA) is 81.4 Å². The van der Waals surface area contributed by atoms with Crippen molar-refractivity contribution in [2.24, 2.45) is 5.73 Å². The summed E-state index contributed by atoms with van der Waals surface area (Å²) in [4.78, 5) is 0.224. The molecule has 0 aliphatic carbocycles. The molecule has 6 heteroatoms. The molecular weight excluding hydrogens is 264 g/mol. The van der Waals surface area contributed by atoms with Gasteiger partial charge in [-0.25, -0.2) is 13.1 Å². The first-order valence-electron chi connectivity index (χ1n) is 6.26. The maximum absolute atomic E-state index is 12.1. The molecule has 0 bridgehead atoms. The zero-order valence-corrected chi connectivity index (χ0v) is 12.6. The Kier molecular flexibility index (Phi) is 5.34. The molecule has 0 unspecified atom stereocenters. The van der Waals surface area contributed by atoms with Crippen LogP contribution in [-0.2, 0) is 10.0 Å². The zero-order chi connectivity index (χ0) is 14.6. The fourth-order valence-corrected chi connectivity index (χ4v) is 2.90. The molecule has 1 aromatic rings. The molecule has 3 N–H and O–H groups in total. The molecule has 0 saturated heterocycles. The third-order valence-corrected chi connectivity index (χ3v) is 4.12. The van der Waals surface area contributed by atoms with E-state index in [-0.39, 0.29) is 23.6 Å². The van der Waals surface area contributed by atoms with Gasteiger partial charge < -0.3 is 10.5 Å². The molecule has 1 atom stereocenters. The van der Waals surface area contributed by atoms with Crippen LogP contribution in [0.4, 0.5) is 0 Å². The number of nitrogens with two attached hydrogens (primary N) is 1. The van der Waals surface area contributed by atoms with E-state index >= 15 is 0 Å². The van der Waals surface area contributed by atoms with Crippen molar-refractivity contribution in [3.8, 4) is 5.75 Å². The Bertz CT molecular complexity index is 527. The highest BCUT2D eigenvalue weighted by molar-refractivity contribution is 7.89. The molecule has 0 saturated carbocycles. The Morgan fingerprint density at radius 1 is 1.32 bits per heavy atom. The van der Waals surface area contributed by atoms with E-state index in [4.69, 9.17) is 10.5 Å². The van der Waals surface area contributed by atoms with Crippen LogP contribution in [0.3, 0.4) is 0 Å². The van der Waals surface area contributed by atoms with E-state index < -0.39 is 10.0 Å². The summed E-state index contributed by atoms with van der Waals surface area (Å²) in [6.45, 7) is 7.65. The first-order chi connectivity index (χ1) is 8.76. The predicted molar refractivity (Wildman–Crippen MR) is 75.8 cm³/mol. The minimum Gasteiger partial charge on any atom is -0.491 e. The van der Waals surface area contributed by atoms with Crippen molar-refractivity contribution in [3.05, 3.63) is 23.8 Å². The van der Waals surface area contributed by atoms with Gasteiger partial charge >= 0.3 is 0 Å². The van der Waals surface area contributed by atoms with Crippen LogP contribution in [0.5, 0.6) is 5.75 Å². The fraction of sp³-hybridized carbons (Fsp3) is 0.538. The lowest BCUT2D eigenvalue weighted by Gasteiger charge is -2.15. The maximum Gasteiger partial charge on any atom is 0.240 e. The Balaban J connectivity index is 3.00. The van der Waals surface area contributed by atoms with Crippen molar-refractivity contribution in [1.29, 1.82) is 0 Å². The van der Waals surface area contributed by atoms with E-state index in [9.17, 15) is 8.42 Å². The van der Waals surface area contributed by atoms with Crippen LogP contribution in [0.25, 0.3) is 0 Å². The molecule has 0 heterocycles. The molecule has 0 fully saturated rings. The molecule has 0 aromatic heterocycles. The molecule has 5 nitrogen and oxygen atoms in total. The highest BCUT2D eigenvalue weighted by Gasteiger charge is 2.17. The summed E-state index contributed by atoms with van der Waals surface area (Å²) in [5.41, 5.74) is 6.21. The number of aryl methyl sites for hydroxylation is 1. The van der Waals surface area contributed by atoms with Crippen molar-refractivity contribution < 1.29 is 13.2 Å². The standard InChI is InChI=1S/C13H22N2O3S/c1-9(2)18-13-6-5-12(7-10(13)3)19(16,17)15-11(4)8-14/h5-7,9,11,15H,8,14H2,1-4H3/t11-/m1/s1. The molecule has 0 spiro atoms. The van der Waals surface area contributed by atoms with Crippen LogP contribution in [0.2, 0.25) is 0 Å². The summed E-state index contributed by atoms with van der Waals surface area (Å²) in [5, 5.41) is 0. The van der Waals surface area contributed by atoms with E-state index in [1.165, 1.54) is 6.07 Å². The van der Waals surface area contributed by atoms with E-state index in [0.717, 1.165) is 5.56 Å². The molecule has 1 aromatic carbocycles. The van der Waals surface area contributed by atoms with Crippen LogP contribution < -0.4 is 15.2 Å². The maximum atomic E-state index is 12.1. The second-order valence-electron chi connectivity index (χ2n) is 4.85. The predicted octanol–water partition coefficient (Wildman–Crippen LogP) is 1.41. The third kappa shape index (κ3) is 4.49. The van der Waals surface area contributed by atoms with Crippen LogP contribution >= 0.6 is 0 Å². The molecule has 0 aliphatic heterocycles. The number of benzene rings is 1. The monoisotopic (exact) mass is 286 g/mol. The van der Waals surface area contributed by atoms with Gasteiger partial charge in [0.25, 0.3) is 0 Å². The van der Waals surface area contributed by atoms with Gasteiger partial charge in [-0.05, 0) is 51.5 Å². The van der Waals surface area contributed by atoms with E-state index in [1.54, 1.807) is 19.1 Å². The lowest BCUT2D eigenvalue weighted by molar-refractivity contribution is 0.240. The number of nitrogens with one attached hydrogen (secondary N) is 1. The molecule has 1 rings (SSSR count). The summed E-state index contributed by atoms with van der Waals surface area (Å²) >= 11 is 0. The Morgan fingerprint density at radius 3 is 2.42 bits per heavy atom. The summed E-state index contributed by atoms with van der Waals surface area (Å²) < 4.78 is 32.3. The van der Waals surface area contributed by atoms with Crippen molar-refractivity contribution in [1.82, 2.24) is 4.72 Å². The van der Waals surface area contributed by atoms with Crippen molar-refractivity contribution in [2.45, 2.75) is 44.7 Å². The number of hydrogen-bond acceptors (Lipinski definition) is 4. The fourth-order valence-electron chi connectivity index (χ4n) is 1.56. The number of sulfonamides is 1. The molecular formula is C13H22N2O3S. The number of rotatable bonds is 6. The third-order valence-electron chi connectivity index (χ3n) is 2.53. The minimum atomic E-state index is -3.52. The van der Waals surface area contributed by atoms with E-state index in [1.807, 2.05) is 20.8 Å². The average molecular weight is 286 g/mol. The van der Waals surface area contributed by atoms with Crippen molar-refractivity contribution in [3.63, 3.8) is 0 Å². The summed E-state index contributed by atoms with van der Waals surface area (Å²) in [7, 11) is -3.52. The molecule has 0 radical (unpaired) electrons. The Hall–Kier alpha value is -1.11. The van der Waals surface area contributed by atoms with Gasteiger partial charge in [-0.1, -0.05) is 0 Å². The normalized spacial score (nSPS) is 13.6. The van der Waals surface area contributed by atoms with E-state index in [2.05, 4.69) is 4.72 Å². The number of hydrogen-bond donors (Lipinski definition) is 2. The van der Waals surface area contributed by atoms with Gasteiger partial charge in [0.05, 0.1) is 11.0 Å². The lowest BCUT2D eigenvalue weighted by atomic mass is 10.2. The van der Waals surface area contributed by atoms with Crippen LogP contribution in [-0.4, -0.2) is 27.1 Å². The summed E-state index contributed by atoms with van der Waals surface area (Å²) in [6.07, 6.45) is 0.0524. The van der Waals surface area contributed by atoms with Crippen molar-refractivity contribution >= 4 is 10.0 Å². The van der Waals surface area contributed by atoms with Gasteiger partial charge in [0.15, 0.2) is 0 Å². The molecule has 0 amide bonds. The quantitative estimate of drug-likeness (QED) is 0.828. The molecule has 19 heavy (non-hydrogen) atoms. The molecule has 0 aliphatic rings. The van der Waals surface area contributed by atoms with Gasteiger partial charge in [0.1, 0.15) is 5.75 Å². The smallest absolute Gasteiger partial charge is 0.240 e. The SMILES string of the molecule is Cc1cc(S(=O)(=O)N[C@H](C)CN)ccc1OC(C)C. The Morgan fingerprint density at radius 2 is 1.95 bits per heavy atom. The number of ether oxygens (including phenoxy) is 1. The zero-order valence-electron chi connectivity index (χ0n) is 11.8. The highest BCUT2D eigenvalue weighted by Crippen LogP contribution is 2.22. The van der Waals surface area contributed by atoms with Gasteiger partial charge in [0.2, 0.25) is 10.0 Å². The molecule has 108 valence electrons. The van der Waals surface area contributed by atoms with Gasteiger partial charge in [0, 0.05) is 12.6 Å². The average Bonchev–Trinajstić information content (AvgIpc) is 2.30. The van der Waals surface area contributed by atoms with Gasteiger partial charge in [-0.3, -0.25) is 0 Å². The minimum absolute atomic E-state index is 0.0524. The van der Waals surface area contributed by atoms with Crippen LogP contribution in [0, 0.1) is 6.92 Å². The first kappa shape index (κ1) is 15.9. The summed E-state index contributed by atoms with van der Waals surface area (Å²) in [6, 6.07) is 4.52. The van der Waals surface area contributed by atoms with Crippen molar-refractivity contribution in [2.75, 3.05) is 6.54 Å². The first-order valence-corrected chi connectivity index (χ1v) is 7.74. The van der Waals surface area contributed by atoms with Crippen LogP contribution in [0.15, 0.2) is 23.1 Å². The van der Waals surface area contributed by atoms with Crippen LogP contribution in [0.1, 0.15) is 26.3 Å². The van der Waals surface area contributed by atoms with Gasteiger partial charge in [-0.15, -0.1) is 0 Å². The van der Waals surface area contributed by atoms with E-state index in [0.29, 0.717) is 5.75 Å². The van der Waals surface area contributed by atoms with Gasteiger partial charge in [-0.2, -0.15) is 0 Å². The highest BCUT2D eigenvalue weighted by atomic mass is 32.2. The second kappa shape index (κ2) is 6.36. The summed E-state index contributed by atoms with van der Waals surface area (Å²) in [5.74, 6) is 0.695. The largest absolute Gasteiger partial charge is 0.491 e.